The maximum atomic E-state index is 11.4. The standard InChI is InChI=1S/C19H23N3O4/c1-4-21(13(2)14-6-5-7-17(10-14)26-3)12-16-9-8-15(19(20)23)11-18(16)22(24)25/h5-11,13H,4,12H2,1-3H3,(H2,20,23)/t13-/m0/s1. The number of hydrogen-bond acceptors (Lipinski definition) is 5. The molecule has 0 saturated heterocycles. The van der Waals surface area contributed by atoms with Gasteiger partial charge in [0.25, 0.3) is 5.69 Å². The zero-order valence-corrected chi connectivity index (χ0v) is 15.1. The predicted octanol–water partition coefficient (Wildman–Crippen LogP) is 3.29. The van der Waals surface area contributed by atoms with Gasteiger partial charge in [0.1, 0.15) is 5.75 Å². The second-order valence-corrected chi connectivity index (χ2v) is 5.98. The first-order valence-corrected chi connectivity index (χ1v) is 8.32. The molecule has 7 nitrogen and oxygen atoms in total. The van der Waals surface area contributed by atoms with Crippen molar-refractivity contribution >= 4 is 11.6 Å². The maximum Gasteiger partial charge on any atom is 0.274 e. The van der Waals surface area contributed by atoms with Crippen LogP contribution in [-0.4, -0.2) is 29.4 Å². The molecule has 0 saturated carbocycles. The van der Waals surface area contributed by atoms with Gasteiger partial charge in [-0.1, -0.05) is 25.1 Å². The van der Waals surface area contributed by atoms with Crippen molar-refractivity contribution in [2.24, 2.45) is 5.73 Å². The number of benzene rings is 2. The molecular formula is C19H23N3O4. The molecule has 0 aromatic heterocycles. The van der Waals surface area contributed by atoms with Crippen molar-refractivity contribution in [1.82, 2.24) is 4.90 Å². The summed E-state index contributed by atoms with van der Waals surface area (Å²) in [6.07, 6.45) is 0. The number of carbonyl (C=O) groups excluding carboxylic acids is 1. The Balaban J connectivity index is 2.31. The Labute approximate surface area is 152 Å². The number of rotatable bonds is 8. The first-order valence-electron chi connectivity index (χ1n) is 8.32. The summed E-state index contributed by atoms with van der Waals surface area (Å²) in [6, 6.07) is 12.1. The number of nitro benzene ring substituents is 1. The van der Waals surface area contributed by atoms with Crippen LogP contribution in [0.4, 0.5) is 5.69 Å². The smallest absolute Gasteiger partial charge is 0.274 e. The van der Waals surface area contributed by atoms with E-state index in [1.807, 2.05) is 38.1 Å². The van der Waals surface area contributed by atoms with Crippen molar-refractivity contribution in [2.75, 3.05) is 13.7 Å². The van der Waals surface area contributed by atoms with Crippen LogP contribution in [0.25, 0.3) is 0 Å². The van der Waals surface area contributed by atoms with Crippen molar-refractivity contribution in [3.8, 4) is 5.75 Å². The van der Waals surface area contributed by atoms with Gasteiger partial charge in [-0.3, -0.25) is 19.8 Å². The minimum absolute atomic E-state index is 0.0329. The molecule has 0 radical (unpaired) electrons. The second-order valence-electron chi connectivity index (χ2n) is 5.98. The molecule has 2 aromatic rings. The summed E-state index contributed by atoms with van der Waals surface area (Å²) in [5, 5.41) is 11.4. The number of primary amides is 1. The Morgan fingerprint density at radius 2 is 2.04 bits per heavy atom. The summed E-state index contributed by atoms with van der Waals surface area (Å²) in [5.41, 5.74) is 6.85. The number of hydrogen-bond donors (Lipinski definition) is 1. The van der Waals surface area contributed by atoms with Crippen LogP contribution in [0.1, 0.15) is 41.4 Å². The first-order chi connectivity index (χ1) is 12.4. The molecular weight excluding hydrogens is 334 g/mol. The zero-order valence-electron chi connectivity index (χ0n) is 15.1. The van der Waals surface area contributed by atoms with E-state index in [2.05, 4.69) is 4.90 Å². The van der Waals surface area contributed by atoms with Crippen LogP contribution in [-0.2, 0) is 6.54 Å². The molecule has 0 spiro atoms. The van der Waals surface area contributed by atoms with Crippen molar-refractivity contribution in [3.05, 3.63) is 69.3 Å². The number of ether oxygens (including phenoxy) is 1. The Bertz CT molecular complexity index is 807. The zero-order chi connectivity index (χ0) is 19.3. The summed E-state index contributed by atoms with van der Waals surface area (Å²) >= 11 is 0. The molecule has 0 aliphatic heterocycles. The van der Waals surface area contributed by atoms with E-state index in [0.717, 1.165) is 11.3 Å². The molecule has 1 amide bonds. The summed E-state index contributed by atoms with van der Waals surface area (Å²) in [7, 11) is 1.62. The van der Waals surface area contributed by atoms with Crippen molar-refractivity contribution in [1.29, 1.82) is 0 Å². The lowest BCUT2D eigenvalue weighted by Crippen LogP contribution is -2.27. The van der Waals surface area contributed by atoms with E-state index in [4.69, 9.17) is 10.5 Å². The number of amides is 1. The highest BCUT2D eigenvalue weighted by Crippen LogP contribution is 2.28. The van der Waals surface area contributed by atoms with Gasteiger partial charge in [-0.2, -0.15) is 0 Å². The van der Waals surface area contributed by atoms with Gasteiger partial charge >= 0.3 is 0 Å². The third-order valence-electron chi connectivity index (χ3n) is 4.47. The SMILES string of the molecule is CCN(Cc1ccc(C(N)=O)cc1[N+](=O)[O-])[C@@H](C)c1cccc(OC)c1. The molecule has 0 heterocycles. The topological polar surface area (TPSA) is 98.7 Å². The fourth-order valence-electron chi connectivity index (χ4n) is 2.87. The van der Waals surface area contributed by atoms with Crippen LogP contribution in [0.15, 0.2) is 42.5 Å². The van der Waals surface area contributed by atoms with E-state index >= 15 is 0 Å². The number of methoxy groups -OCH3 is 1. The van der Waals surface area contributed by atoms with Gasteiger partial charge in [0, 0.05) is 29.8 Å². The predicted molar refractivity (Wildman–Crippen MR) is 99.1 cm³/mol. The summed E-state index contributed by atoms with van der Waals surface area (Å²) in [4.78, 5) is 24.3. The van der Waals surface area contributed by atoms with Crippen molar-refractivity contribution < 1.29 is 14.5 Å². The Morgan fingerprint density at radius 1 is 1.31 bits per heavy atom. The van der Waals surface area contributed by atoms with Gasteiger partial charge < -0.3 is 10.5 Å². The van der Waals surface area contributed by atoms with Crippen LogP contribution in [0, 0.1) is 10.1 Å². The van der Waals surface area contributed by atoms with E-state index in [1.54, 1.807) is 13.2 Å². The van der Waals surface area contributed by atoms with E-state index in [1.165, 1.54) is 12.1 Å². The van der Waals surface area contributed by atoms with Crippen LogP contribution in [0.3, 0.4) is 0 Å². The Morgan fingerprint density at radius 3 is 2.62 bits per heavy atom. The molecule has 138 valence electrons. The lowest BCUT2D eigenvalue weighted by atomic mass is 10.0. The van der Waals surface area contributed by atoms with Crippen LogP contribution in [0.5, 0.6) is 5.75 Å². The minimum Gasteiger partial charge on any atom is -0.497 e. The number of nitrogens with two attached hydrogens (primary N) is 1. The molecule has 0 fully saturated rings. The highest BCUT2D eigenvalue weighted by Gasteiger charge is 2.21. The molecule has 0 aliphatic carbocycles. The molecule has 2 rings (SSSR count). The average Bonchev–Trinajstić information content (AvgIpc) is 2.65. The first kappa shape index (κ1) is 19.4. The van der Waals surface area contributed by atoms with Gasteiger partial charge in [0.2, 0.25) is 5.91 Å². The molecule has 0 unspecified atom stereocenters. The van der Waals surface area contributed by atoms with Gasteiger partial charge in [-0.25, -0.2) is 0 Å². The van der Waals surface area contributed by atoms with Crippen molar-refractivity contribution in [3.63, 3.8) is 0 Å². The third kappa shape index (κ3) is 4.37. The quantitative estimate of drug-likeness (QED) is 0.577. The van der Waals surface area contributed by atoms with Gasteiger partial charge in [-0.15, -0.1) is 0 Å². The van der Waals surface area contributed by atoms with E-state index in [0.29, 0.717) is 18.7 Å². The largest absolute Gasteiger partial charge is 0.497 e. The Kier molecular flexibility index (Phi) is 6.30. The monoisotopic (exact) mass is 357 g/mol. The van der Waals surface area contributed by atoms with Crippen molar-refractivity contribution in [2.45, 2.75) is 26.4 Å². The third-order valence-corrected chi connectivity index (χ3v) is 4.47. The minimum atomic E-state index is -0.684. The van der Waals surface area contributed by atoms with Crippen LogP contribution < -0.4 is 10.5 Å². The molecule has 1 atom stereocenters. The van der Waals surface area contributed by atoms with Crippen LogP contribution >= 0.6 is 0 Å². The maximum absolute atomic E-state index is 11.4. The number of nitro groups is 1. The highest BCUT2D eigenvalue weighted by atomic mass is 16.6. The lowest BCUT2D eigenvalue weighted by Gasteiger charge is -2.28. The van der Waals surface area contributed by atoms with E-state index < -0.39 is 10.8 Å². The van der Waals surface area contributed by atoms with Gasteiger partial charge in [0.05, 0.1) is 12.0 Å². The van der Waals surface area contributed by atoms with E-state index in [-0.39, 0.29) is 17.3 Å². The van der Waals surface area contributed by atoms with E-state index in [9.17, 15) is 14.9 Å². The van der Waals surface area contributed by atoms with Crippen LogP contribution in [0.2, 0.25) is 0 Å². The fourth-order valence-corrected chi connectivity index (χ4v) is 2.87. The van der Waals surface area contributed by atoms with Gasteiger partial charge in [-0.05, 0) is 37.2 Å². The average molecular weight is 357 g/mol. The molecule has 0 bridgehead atoms. The summed E-state index contributed by atoms with van der Waals surface area (Å²) < 4.78 is 5.27. The lowest BCUT2D eigenvalue weighted by molar-refractivity contribution is -0.385. The highest BCUT2D eigenvalue weighted by molar-refractivity contribution is 5.93. The normalized spacial score (nSPS) is 12.0. The molecule has 2 N–H and O–H groups in total. The van der Waals surface area contributed by atoms with Gasteiger partial charge in [0.15, 0.2) is 0 Å². The molecule has 7 heteroatoms. The molecule has 26 heavy (non-hydrogen) atoms. The number of carbonyl (C=O) groups is 1. The number of nitrogens with zero attached hydrogens (tertiary/aromatic N) is 2. The second kappa shape index (κ2) is 8.44. The summed E-state index contributed by atoms with van der Waals surface area (Å²) in [5.74, 6) is 0.0824. The molecule has 0 aliphatic rings. The summed E-state index contributed by atoms with van der Waals surface area (Å²) in [6.45, 7) is 5.12. The Hall–Kier alpha value is -2.93. The fraction of sp³-hybridized carbons (Fsp3) is 0.316. The molecule has 2 aromatic carbocycles.